The zero-order valence-electron chi connectivity index (χ0n) is 11.1. The minimum atomic E-state index is -1.60. The van der Waals surface area contributed by atoms with Crippen LogP contribution in [0.1, 0.15) is 10.4 Å². The second kappa shape index (κ2) is 6.58. The Morgan fingerprint density at radius 1 is 1.14 bits per heavy atom. The normalized spacial score (nSPS) is 12.0. The van der Waals surface area contributed by atoms with Crippen molar-refractivity contribution in [3.8, 4) is 5.75 Å². The van der Waals surface area contributed by atoms with Crippen molar-refractivity contribution in [1.82, 2.24) is 0 Å². The Morgan fingerprint density at radius 3 is 2.38 bits per heavy atom. The molecule has 1 atom stereocenters. The number of benzene rings is 2. The molecule has 2 rings (SSSR count). The molecule has 0 heterocycles. The number of methoxy groups -OCH3 is 1. The van der Waals surface area contributed by atoms with E-state index in [1.165, 1.54) is 7.11 Å². The van der Waals surface area contributed by atoms with E-state index in [1.54, 1.807) is 24.3 Å². The van der Waals surface area contributed by atoms with E-state index in [2.05, 4.69) is 0 Å². The van der Waals surface area contributed by atoms with E-state index < -0.39 is 28.2 Å². The third kappa shape index (κ3) is 3.72. The van der Waals surface area contributed by atoms with Crippen molar-refractivity contribution in [2.24, 2.45) is 0 Å². The molecule has 0 saturated heterocycles. The zero-order chi connectivity index (χ0) is 15.4. The van der Waals surface area contributed by atoms with Crippen LogP contribution in [0.2, 0.25) is 0 Å². The van der Waals surface area contributed by atoms with Gasteiger partial charge in [0.15, 0.2) is 5.78 Å². The summed E-state index contributed by atoms with van der Waals surface area (Å²) in [7, 11) is -0.0966. The lowest BCUT2D eigenvalue weighted by molar-refractivity contribution is 0.101. The third-order valence-corrected chi connectivity index (χ3v) is 4.14. The maximum atomic E-state index is 13.5. The number of hydrogen-bond donors (Lipinski definition) is 0. The summed E-state index contributed by atoms with van der Waals surface area (Å²) in [6.45, 7) is 0. The fourth-order valence-corrected chi connectivity index (χ4v) is 2.72. The molecular weight excluding hydrogens is 298 g/mol. The van der Waals surface area contributed by atoms with Crippen LogP contribution in [0.3, 0.4) is 0 Å². The average molecular weight is 310 g/mol. The van der Waals surface area contributed by atoms with Gasteiger partial charge in [0.05, 0.1) is 29.2 Å². The number of hydrogen-bond acceptors (Lipinski definition) is 3. The smallest absolute Gasteiger partial charge is 0.178 e. The maximum Gasteiger partial charge on any atom is 0.178 e. The predicted octanol–water partition coefficient (Wildman–Crippen LogP) is 2.96. The van der Waals surface area contributed by atoms with Crippen molar-refractivity contribution in [3.63, 3.8) is 0 Å². The molecule has 0 aliphatic carbocycles. The van der Waals surface area contributed by atoms with Crippen LogP contribution in [0.5, 0.6) is 5.75 Å². The molecule has 0 aromatic heterocycles. The Bertz CT molecular complexity index is 684. The van der Waals surface area contributed by atoms with Crippen LogP contribution in [0.25, 0.3) is 0 Å². The van der Waals surface area contributed by atoms with Crippen molar-refractivity contribution in [2.75, 3.05) is 12.9 Å². The molecule has 110 valence electrons. The van der Waals surface area contributed by atoms with Gasteiger partial charge in [-0.3, -0.25) is 9.00 Å². The van der Waals surface area contributed by atoms with Crippen LogP contribution < -0.4 is 4.74 Å². The number of ketones is 1. The molecule has 0 amide bonds. The van der Waals surface area contributed by atoms with Crippen LogP contribution in [0.4, 0.5) is 8.78 Å². The summed E-state index contributed by atoms with van der Waals surface area (Å²) in [5.74, 6) is -2.12. The van der Waals surface area contributed by atoms with Crippen molar-refractivity contribution < 1.29 is 22.5 Å². The Hall–Kier alpha value is -2.08. The first-order valence-corrected chi connectivity index (χ1v) is 7.34. The summed E-state index contributed by atoms with van der Waals surface area (Å²) in [5, 5.41) is 0. The van der Waals surface area contributed by atoms with Gasteiger partial charge in [-0.05, 0) is 36.4 Å². The van der Waals surface area contributed by atoms with Crippen LogP contribution in [-0.4, -0.2) is 22.9 Å². The van der Waals surface area contributed by atoms with E-state index in [0.29, 0.717) is 16.7 Å². The Balaban J connectivity index is 2.12. The standard InChI is InChI=1S/C15H12F2O3S/c1-20-11-3-5-12(6-4-11)21(19)9-15(18)13-7-2-10(16)8-14(13)17/h2-8H,9H2,1H3. The zero-order valence-corrected chi connectivity index (χ0v) is 12.0. The molecule has 0 saturated carbocycles. The largest absolute Gasteiger partial charge is 0.497 e. The maximum absolute atomic E-state index is 13.5. The van der Waals surface area contributed by atoms with E-state index in [0.717, 1.165) is 12.1 Å². The monoisotopic (exact) mass is 310 g/mol. The van der Waals surface area contributed by atoms with E-state index in [9.17, 15) is 17.8 Å². The van der Waals surface area contributed by atoms with E-state index in [4.69, 9.17) is 4.74 Å². The van der Waals surface area contributed by atoms with Crippen molar-refractivity contribution in [1.29, 1.82) is 0 Å². The highest BCUT2D eigenvalue weighted by Crippen LogP contribution is 2.16. The van der Waals surface area contributed by atoms with Crippen LogP contribution >= 0.6 is 0 Å². The SMILES string of the molecule is COc1ccc(S(=O)CC(=O)c2ccc(F)cc2F)cc1. The second-order valence-corrected chi connectivity index (χ2v) is 5.66. The van der Waals surface area contributed by atoms with Crippen molar-refractivity contribution in [2.45, 2.75) is 4.90 Å². The summed E-state index contributed by atoms with van der Waals surface area (Å²) >= 11 is 0. The van der Waals surface area contributed by atoms with Crippen molar-refractivity contribution in [3.05, 3.63) is 59.7 Å². The highest BCUT2D eigenvalue weighted by molar-refractivity contribution is 7.85. The molecule has 6 heteroatoms. The molecule has 0 N–H and O–H groups in total. The van der Waals surface area contributed by atoms with Crippen LogP contribution in [0.15, 0.2) is 47.4 Å². The average Bonchev–Trinajstić information content (AvgIpc) is 2.47. The molecular formula is C15H12F2O3S. The number of carbonyl (C=O) groups excluding carboxylic acids is 1. The Morgan fingerprint density at radius 2 is 1.81 bits per heavy atom. The van der Waals surface area contributed by atoms with Gasteiger partial charge in [-0.25, -0.2) is 8.78 Å². The second-order valence-electron chi connectivity index (χ2n) is 4.21. The first kappa shape index (κ1) is 15.3. The molecule has 2 aromatic rings. The van der Waals surface area contributed by atoms with E-state index in [1.807, 2.05) is 0 Å². The number of halogens is 2. The van der Waals surface area contributed by atoms with E-state index >= 15 is 0 Å². The van der Waals surface area contributed by atoms with Crippen LogP contribution in [0, 0.1) is 11.6 Å². The molecule has 0 aliphatic rings. The molecule has 0 radical (unpaired) electrons. The van der Waals surface area contributed by atoms with Gasteiger partial charge in [0.25, 0.3) is 0 Å². The summed E-state index contributed by atoms with van der Waals surface area (Å²) in [5.41, 5.74) is -0.265. The molecule has 21 heavy (non-hydrogen) atoms. The van der Waals surface area contributed by atoms with Gasteiger partial charge in [-0.2, -0.15) is 0 Å². The summed E-state index contributed by atoms with van der Waals surface area (Å²) < 4.78 is 43.3. The molecule has 2 aromatic carbocycles. The fraction of sp³-hybridized carbons (Fsp3) is 0.133. The predicted molar refractivity (Wildman–Crippen MR) is 75.0 cm³/mol. The highest BCUT2D eigenvalue weighted by Gasteiger charge is 2.16. The fourth-order valence-electron chi connectivity index (χ4n) is 1.72. The summed E-state index contributed by atoms with van der Waals surface area (Å²) in [4.78, 5) is 12.3. The third-order valence-electron chi connectivity index (χ3n) is 2.82. The molecule has 0 fully saturated rings. The molecule has 0 spiro atoms. The van der Waals surface area contributed by atoms with Gasteiger partial charge in [-0.1, -0.05) is 0 Å². The molecule has 0 aliphatic heterocycles. The highest BCUT2D eigenvalue weighted by atomic mass is 32.2. The van der Waals surface area contributed by atoms with Gasteiger partial charge in [-0.15, -0.1) is 0 Å². The van der Waals surface area contributed by atoms with Gasteiger partial charge in [0, 0.05) is 11.0 Å². The van der Waals surface area contributed by atoms with Gasteiger partial charge >= 0.3 is 0 Å². The number of ether oxygens (including phenoxy) is 1. The Kier molecular flexibility index (Phi) is 4.80. The van der Waals surface area contributed by atoms with Crippen LogP contribution in [-0.2, 0) is 10.8 Å². The van der Waals surface area contributed by atoms with Gasteiger partial charge in [0.2, 0.25) is 0 Å². The minimum Gasteiger partial charge on any atom is -0.497 e. The lowest BCUT2D eigenvalue weighted by Crippen LogP contribution is -2.13. The lowest BCUT2D eigenvalue weighted by atomic mass is 10.1. The number of rotatable bonds is 5. The van der Waals surface area contributed by atoms with E-state index in [-0.39, 0.29) is 11.3 Å². The topological polar surface area (TPSA) is 43.4 Å². The van der Waals surface area contributed by atoms with Gasteiger partial charge < -0.3 is 4.74 Å². The number of Topliss-reactive ketones (excluding diaryl/α,β-unsaturated/α-hetero) is 1. The van der Waals surface area contributed by atoms with Gasteiger partial charge in [0.1, 0.15) is 17.4 Å². The summed E-state index contributed by atoms with van der Waals surface area (Å²) in [6, 6.07) is 9.06. The minimum absolute atomic E-state index is 0.265. The quantitative estimate of drug-likeness (QED) is 0.798. The summed E-state index contributed by atoms with van der Waals surface area (Å²) in [6.07, 6.45) is 0. The van der Waals surface area contributed by atoms with Crippen molar-refractivity contribution >= 4 is 16.6 Å². The molecule has 0 bridgehead atoms. The first-order chi connectivity index (χ1) is 10.0. The Labute approximate surface area is 123 Å². The first-order valence-electron chi connectivity index (χ1n) is 6.02. The lowest BCUT2D eigenvalue weighted by Gasteiger charge is -2.05. The molecule has 3 nitrogen and oxygen atoms in total. The molecule has 1 unspecified atom stereocenters. The number of carbonyl (C=O) groups is 1.